The maximum atomic E-state index is 5.94. The minimum Gasteiger partial charge on any atom is -0.376 e. The molecule has 1 aromatic heterocycles. The van der Waals surface area contributed by atoms with Gasteiger partial charge >= 0.3 is 0 Å². The molecule has 0 radical (unpaired) electrons. The van der Waals surface area contributed by atoms with Crippen LogP contribution in [0, 0.1) is 0 Å². The van der Waals surface area contributed by atoms with Crippen molar-refractivity contribution in [2.24, 2.45) is 0 Å². The van der Waals surface area contributed by atoms with Crippen molar-refractivity contribution in [3.63, 3.8) is 0 Å². The number of aromatic nitrogens is 2. The Hall–Kier alpha value is -1.03. The summed E-state index contributed by atoms with van der Waals surface area (Å²) in [6, 6.07) is 0.408. The van der Waals surface area contributed by atoms with Crippen LogP contribution < -0.4 is 5.32 Å². The molecule has 18 heavy (non-hydrogen) atoms. The van der Waals surface area contributed by atoms with E-state index in [2.05, 4.69) is 28.7 Å². The van der Waals surface area contributed by atoms with Crippen molar-refractivity contribution >= 4 is 5.95 Å². The van der Waals surface area contributed by atoms with Crippen molar-refractivity contribution in [1.29, 1.82) is 0 Å². The summed E-state index contributed by atoms with van der Waals surface area (Å²) in [7, 11) is 0. The van der Waals surface area contributed by atoms with Crippen LogP contribution in [0.2, 0.25) is 0 Å². The molecule has 0 bridgehead atoms. The van der Waals surface area contributed by atoms with Gasteiger partial charge in [0.2, 0.25) is 5.95 Å². The zero-order valence-corrected chi connectivity index (χ0v) is 11.6. The van der Waals surface area contributed by atoms with Crippen molar-refractivity contribution in [3.8, 4) is 0 Å². The van der Waals surface area contributed by atoms with Gasteiger partial charge in [0.1, 0.15) is 0 Å². The first-order valence-electron chi connectivity index (χ1n) is 7.15. The second kappa shape index (κ2) is 6.78. The molecule has 1 heterocycles. The van der Waals surface area contributed by atoms with Crippen LogP contribution >= 0.6 is 0 Å². The fourth-order valence-electron chi connectivity index (χ4n) is 2.44. The van der Waals surface area contributed by atoms with E-state index in [0.29, 0.717) is 12.1 Å². The number of imidazole rings is 1. The topological polar surface area (TPSA) is 39.1 Å². The van der Waals surface area contributed by atoms with E-state index in [0.717, 1.165) is 19.1 Å². The molecule has 102 valence electrons. The smallest absolute Gasteiger partial charge is 0.203 e. The van der Waals surface area contributed by atoms with E-state index in [4.69, 9.17) is 4.74 Å². The predicted molar refractivity (Wildman–Crippen MR) is 73.8 cm³/mol. The maximum absolute atomic E-state index is 5.94. The summed E-state index contributed by atoms with van der Waals surface area (Å²) in [6.07, 6.45) is 10.8. The van der Waals surface area contributed by atoms with Crippen LogP contribution in [-0.4, -0.2) is 28.3 Å². The highest BCUT2D eigenvalue weighted by atomic mass is 16.5. The molecule has 1 aliphatic rings. The van der Waals surface area contributed by atoms with Crippen molar-refractivity contribution in [1.82, 2.24) is 9.55 Å². The van der Waals surface area contributed by atoms with E-state index >= 15 is 0 Å². The van der Waals surface area contributed by atoms with Gasteiger partial charge in [-0.3, -0.25) is 0 Å². The van der Waals surface area contributed by atoms with Gasteiger partial charge in [0.15, 0.2) is 0 Å². The van der Waals surface area contributed by atoms with Crippen LogP contribution in [0.25, 0.3) is 0 Å². The molecule has 0 unspecified atom stereocenters. The minimum atomic E-state index is 0.408. The second-order valence-corrected chi connectivity index (χ2v) is 5.37. The predicted octanol–water partition coefficient (Wildman–Crippen LogP) is 3.05. The molecule has 1 N–H and O–H groups in total. The SMILES string of the molecule is CC(C)Nc1nccn1CCOC1CCCCC1. The van der Waals surface area contributed by atoms with Crippen LogP contribution in [0.15, 0.2) is 12.4 Å². The lowest BCUT2D eigenvalue weighted by Crippen LogP contribution is -2.20. The van der Waals surface area contributed by atoms with Gasteiger partial charge in [0, 0.05) is 25.0 Å². The summed E-state index contributed by atoms with van der Waals surface area (Å²) < 4.78 is 8.07. The summed E-state index contributed by atoms with van der Waals surface area (Å²) in [5.41, 5.74) is 0. The largest absolute Gasteiger partial charge is 0.376 e. The standard InChI is InChI=1S/C14H25N3O/c1-12(2)16-14-15-8-9-17(14)10-11-18-13-6-4-3-5-7-13/h8-9,12-13H,3-7,10-11H2,1-2H3,(H,15,16). The molecule has 4 heteroatoms. The Kier molecular flexibility index (Phi) is 5.05. The van der Waals surface area contributed by atoms with Gasteiger partial charge < -0.3 is 14.6 Å². The highest BCUT2D eigenvalue weighted by molar-refractivity contribution is 5.26. The average molecular weight is 251 g/mol. The Bertz CT molecular complexity index is 343. The zero-order chi connectivity index (χ0) is 12.8. The summed E-state index contributed by atoms with van der Waals surface area (Å²) >= 11 is 0. The monoisotopic (exact) mass is 251 g/mol. The maximum Gasteiger partial charge on any atom is 0.203 e. The zero-order valence-electron chi connectivity index (χ0n) is 11.6. The van der Waals surface area contributed by atoms with Gasteiger partial charge in [0.05, 0.1) is 12.7 Å². The molecule has 0 atom stereocenters. The molecule has 0 spiro atoms. The highest BCUT2D eigenvalue weighted by Crippen LogP contribution is 2.20. The van der Waals surface area contributed by atoms with E-state index in [1.54, 1.807) is 0 Å². The van der Waals surface area contributed by atoms with Gasteiger partial charge in [-0.1, -0.05) is 19.3 Å². The van der Waals surface area contributed by atoms with Crippen LogP contribution in [0.4, 0.5) is 5.95 Å². The van der Waals surface area contributed by atoms with E-state index in [-0.39, 0.29) is 0 Å². The van der Waals surface area contributed by atoms with Crippen LogP contribution in [0.3, 0.4) is 0 Å². The summed E-state index contributed by atoms with van der Waals surface area (Å²) in [4.78, 5) is 4.32. The number of nitrogens with zero attached hydrogens (tertiary/aromatic N) is 2. The Labute approximate surface area is 110 Å². The van der Waals surface area contributed by atoms with Crippen LogP contribution in [0.5, 0.6) is 0 Å². The van der Waals surface area contributed by atoms with E-state index in [1.165, 1.54) is 32.1 Å². The van der Waals surface area contributed by atoms with Crippen molar-refractivity contribution in [2.75, 3.05) is 11.9 Å². The lowest BCUT2D eigenvalue weighted by Gasteiger charge is -2.22. The molecule has 2 rings (SSSR count). The summed E-state index contributed by atoms with van der Waals surface area (Å²) in [6.45, 7) is 5.91. The third kappa shape index (κ3) is 4.02. The average Bonchev–Trinajstić information content (AvgIpc) is 2.77. The van der Waals surface area contributed by atoms with Gasteiger partial charge in [-0.15, -0.1) is 0 Å². The van der Waals surface area contributed by atoms with E-state index in [1.807, 2.05) is 12.4 Å². The summed E-state index contributed by atoms with van der Waals surface area (Å²) in [5.74, 6) is 0.942. The number of hydrogen-bond donors (Lipinski definition) is 1. The number of rotatable bonds is 6. The van der Waals surface area contributed by atoms with Crippen LogP contribution in [0.1, 0.15) is 46.0 Å². The molecular formula is C14H25N3O. The molecule has 1 fully saturated rings. The molecule has 0 amide bonds. The molecule has 1 saturated carbocycles. The Balaban J connectivity index is 1.74. The van der Waals surface area contributed by atoms with Gasteiger partial charge in [0.25, 0.3) is 0 Å². The minimum absolute atomic E-state index is 0.408. The summed E-state index contributed by atoms with van der Waals surface area (Å²) in [5, 5.41) is 3.34. The highest BCUT2D eigenvalue weighted by Gasteiger charge is 2.13. The van der Waals surface area contributed by atoms with Gasteiger partial charge in [-0.2, -0.15) is 0 Å². The molecule has 1 aliphatic carbocycles. The van der Waals surface area contributed by atoms with E-state index < -0.39 is 0 Å². The fraction of sp³-hybridized carbons (Fsp3) is 0.786. The first-order valence-corrected chi connectivity index (χ1v) is 7.15. The fourth-order valence-corrected chi connectivity index (χ4v) is 2.44. The lowest BCUT2D eigenvalue weighted by atomic mass is 9.98. The third-order valence-electron chi connectivity index (χ3n) is 3.37. The van der Waals surface area contributed by atoms with Gasteiger partial charge in [-0.05, 0) is 26.7 Å². The lowest BCUT2D eigenvalue weighted by molar-refractivity contribution is 0.0242. The molecule has 0 saturated heterocycles. The Morgan fingerprint density at radius 1 is 1.39 bits per heavy atom. The molecule has 0 aromatic carbocycles. The molecule has 4 nitrogen and oxygen atoms in total. The number of nitrogens with one attached hydrogen (secondary N) is 1. The normalized spacial score (nSPS) is 17.3. The Morgan fingerprint density at radius 3 is 2.89 bits per heavy atom. The second-order valence-electron chi connectivity index (χ2n) is 5.37. The van der Waals surface area contributed by atoms with Crippen molar-refractivity contribution in [2.45, 2.75) is 64.6 Å². The number of ether oxygens (including phenoxy) is 1. The third-order valence-corrected chi connectivity index (χ3v) is 3.37. The quantitative estimate of drug-likeness (QED) is 0.844. The van der Waals surface area contributed by atoms with E-state index in [9.17, 15) is 0 Å². The molecule has 0 aliphatic heterocycles. The Morgan fingerprint density at radius 2 is 2.17 bits per heavy atom. The number of anilines is 1. The van der Waals surface area contributed by atoms with Crippen molar-refractivity contribution < 1.29 is 4.74 Å². The van der Waals surface area contributed by atoms with Crippen LogP contribution in [-0.2, 0) is 11.3 Å². The first kappa shape index (κ1) is 13.4. The van der Waals surface area contributed by atoms with Gasteiger partial charge in [-0.25, -0.2) is 4.98 Å². The number of hydrogen-bond acceptors (Lipinski definition) is 3. The first-order chi connectivity index (χ1) is 8.75. The van der Waals surface area contributed by atoms with Crippen molar-refractivity contribution in [3.05, 3.63) is 12.4 Å². The molecule has 1 aromatic rings. The molecular weight excluding hydrogens is 226 g/mol.